The molecule has 3 aromatic heterocycles. The Hall–Kier alpha value is -4.75. The summed E-state index contributed by atoms with van der Waals surface area (Å²) in [5.74, 6) is -1.28. The summed E-state index contributed by atoms with van der Waals surface area (Å²) in [6.45, 7) is 5.19. The molecular formula is C20H26N10O4. The van der Waals surface area contributed by atoms with E-state index in [2.05, 4.69) is 41.0 Å². The van der Waals surface area contributed by atoms with Crippen LogP contribution in [0.4, 0.5) is 17.2 Å². The molecule has 0 aliphatic carbocycles. The first-order valence-corrected chi connectivity index (χ1v) is 10.2. The second-order valence-electron chi connectivity index (χ2n) is 7.51. The molecule has 14 heteroatoms. The smallest absolute Gasteiger partial charge is 0.287 e. The number of amidine groups is 1. The number of oxime groups is 1. The van der Waals surface area contributed by atoms with E-state index in [9.17, 15) is 14.4 Å². The second-order valence-corrected chi connectivity index (χ2v) is 7.51. The van der Waals surface area contributed by atoms with Gasteiger partial charge in [0.1, 0.15) is 17.2 Å². The topological polar surface area (TPSA) is 232 Å². The number of nitrogen functional groups attached to an aromatic ring is 1. The normalized spacial score (nSPS) is 11.3. The van der Waals surface area contributed by atoms with Gasteiger partial charge in [-0.3, -0.25) is 14.4 Å². The summed E-state index contributed by atoms with van der Waals surface area (Å²) < 4.78 is 0. The lowest BCUT2D eigenvalue weighted by atomic mass is 10.2. The minimum absolute atomic E-state index is 0.0101. The molecule has 34 heavy (non-hydrogen) atoms. The number of amides is 3. The molecule has 3 amide bonds. The molecule has 11 N–H and O–H groups in total. The average Bonchev–Trinajstić information content (AvgIpc) is 3.46. The Labute approximate surface area is 193 Å². The molecule has 3 rings (SSSR count). The van der Waals surface area contributed by atoms with E-state index >= 15 is 0 Å². The monoisotopic (exact) mass is 470 g/mol. The van der Waals surface area contributed by atoms with Gasteiger partial charge in [0.05, 0.1) is 17.1 Å². The van der Waals surface area contributed by atoms with Gasteiger partial charge in [-0.05, 0) is 20.8 Å². The summed E-state index contributed by atoms with van der Waals surface area (Å²) in [6.07, 6.45) is 3.20. The molecule has 0 aliphatic heterocycles. The van der Waals surface area contributed by atoms with Crippen molar-refractivity contribution in [2.75, 3.05) is 22.9 Å². The first-order chi connectivity index (χ1) is 16.1. The first-order valence-electron chi connectivity index (χ1n) is 10.2. The predicted octanol–water partition coefficient (Wildman–Crippen LogP) is 0.944. The number of imidazole rings is 1. The average molecular weight is 470 g/mol. The van der Waals surface area contributed by atoms with Gasteiger partial charge < -0.3 is 47.6 Å². The number of carbonyl (C=O) groups excluding carboxylic acids is 3. The Bertz CT molecular complexity index is 1270. The quantitative estimate of drug-likeness (QED) is 0.0999. The number of nitrogens with zero attached hydrogens (tertiary/aromatic N) is 2. The summed E-state index contributed by atoms with van der Waals surface area (Å²) in [5, 5.41) is 19.3. The number of aryl methyl sites for hydroxylation is 1. The van der Waals surface area contributed by atoms with E-state index in [0.29, 0.717) is 33.9 Å². The van der Waals surface area contributed by atoms with Gasteiger partial charge in [-0.1, -0.05) is 5.16 Å². The molecule has 0 aliphatic rings. The third-order valence-electron chi connectivity index (χ3n) is 5.15. The Kier molecular flexibility index (Phi) is 6.89. The van der Waals surface area contributed by atoms with Gasteiger partial charge in [0.2, 0.25) is 0 Å². The lowest BCUT2D eigenvalue weighted by Gasteiger charge is -2.06. The summed E-state index contributed by atoms with van der Waals surface area (Å²) in [7, 11) is 0. The van der Waals surface area contributed by atoms with E-state index in [1.54, 1.807) is 20.8 Å². The molecule has 180 valence electrons. The zero-order chi connectivity index (χ0) is 25.0. The molecule has 0 radical (unpaired) electrons. The van der Waals surface area contributed by atoms with Crippen molar-refractivity contribution in [2.45, 2.75) is 27.2 Å². The third-order valence-corrected chi connectivity index (χ3v) is 5.15. The molecule has 0 atom stereocenters. The number of aromatic amines is 3. The maximum Gasteiger partial charge on any atom is 0.287 e. The van der Waals surface area contributed by atoms with Crippen LogP contribution in [-0.4, -0.2) is 55.2 Å². The fraction of sp³-hybridized carbons (Fsp3) is 0.250. The van der Waals surface area contributed by atoms with Crippen molar-refractivity contribution in [3.8, 4) is 0 Å². The molecule has 14 nitrogen and oxygen atoms in total. The number of aromatic nitrogens is 4. The van der Waals surface area contributed by atoms with E-state index < -0.39 is 17.7 Å². The highest BCUT2D eigenvalue weighted by atomic mass is 16.4. The van der Waals surface area contributed by atoms with E-state index in [-0.39, 0.29) is 36.1 Å². The van der Waals surface area contributed by atoms with Crippen LogP contribution in [0.3, 0.4) is 0 Å². The van der Waals surface area contributed by atoms with Crippen molar-refractivity contribution in [3.05, 3.63) is 46.4 Å². The largest absolute Gasteiger partial charge is 0.409 e. The van der Waals surface area contributed by atoms with Crippen LogP contribution >= 0.6 is 0 Å². The first kappa shape index (κ1) is 23.9. The van der Waals surface area contributed by atoms with Crippen molar-refractivity contribution in [1.29, 1.82) is 0 Å². The minimum atomic E-state index is -0.518. The predicted molar refractivity (Wildman–Crippen MR) is 125 cm³/mol. The SMILES string of the molecule is Cc1[nH]c(C(=O)NCCC(N)=NO)nc1NC(=O)c1[nH]cc(NC(=O)c2[nH]cc(N)c2C)c1C. The Balaban J connectivity index is 1.66. The summed E-state index contributed by atoms with van der Waals surface area (Å²) in [6, 6.07) is 0. The summed E-state index contributed by atoms with van der Waals surface area (Å²) in [4.78, 5) is 50.1. The highest BCUT2D eigenvalue weighted by molar-refractivity contribution is 6.08. The van der Waals surface area contributed by atoms with Crippen LogP contribution in [0.5, 0.6) is 0 Å². The standard InChI is InChI=1S/C20H26N10O4/c1-8-11(21)6-24-14(8)18(31)27-12-7-25-15(9(12)2)19(32)29-16-10(3)26-17(28-16)20(33)23-5-4-13(22)30-34/h6-7,24-25,34H,4-5,21H2,1-3H3,(H2,22,30)(H,23,33)(H,26,28)(H,27,31)(H,29,32). The molecule has 0 saturated carbocycles. The van der Waals surface area contributed by atoms with E-state index in [0.717, 1.165) is 0 Å². The van der Waals surface area contributed by atoms with Gasteiger partial charge in [0.15, 0.2) is 11.6 Å². The van der Waals surface area contributed by atoms with E-state index in [1.807, 2.05) is 0 Å². The Morgan fingerprint density at radius 1 is 1.03 bits per heavy atom. The zero-order valence-corrected chi connectivity index (χ0v) is 18.8. The Morgan fingerprint density at radius 2 is 1.68 bits per heavy atom. The maximum absolute atomic E-state index is 12.8. The number of H-pyrrole nitrogens is 3. The number of anilines is 3. The van der Waals surface area contributed by atoms with Crippen LogP contribution in [0.15, 0.2) is 17.5 Å². The number of carbonyl (C=O) groups is 3. The molecule has 0 spiro atoms. The van der Waals surface area contributed by atoms with Gasteiger partial charge in [-0.25, -0.2) is 4.98 Å². The summed E-state index contributed by atoms with van der Waals surface area (Å²) >= 11 is 0. The zero-order valence-electron chi connectivity index (χ0n) is 18.8. The molecule has 0 aromatic carbocycles. The lowest BCUT2D eigenvalue weighted by molar-refractivity contribution is 0.0943. The van der Waals surface area contributed by atoms with E-state index in [1.165, 1.54) is 12.4 Å². The number of nitrogens with one attached hydrogen (secondary N) is 6. The lowest BCUT2D eigenvalue weighted by Crippen LogP contribution is -2.28. The third kappa shape index (κ3) is 5.01. The number of nitrogens with two attached hydrogens (primary N) is 2. The fourth-order valence-corrected chi connectivity index (χ4v) is 3.09. The van der Waals surface area contributed by atoms with Gasteiger partial charge in [-0.15, -0.1) is 0 Å². The molecule has 0 fully saturated rings. The number of hydrogen-bond donors (Lipinski definition) is 9. The second kappa shape index (κ2) is 9.81. The number of hydrogen-bond acceptors (Lipinski definition) is 7. The van der Waals surface area contributed by atoms with Gasteiger partial charge >= 0.3 is 0 Å². The van der Waals surface area contributed by atoms with Crippen LogP contribution in [0.25, 0.3) is 0 Å². The fourth-order valence-electron chi connectivity index (χ4n) is 3.09. The van der Waals surface area contributed by atoms with Crippen molar-refractivity contribution < 1.29 is 19.6 Å². The maximum atomic E-state index is 12.8. The molecule has 0 saturated heterocycles. The van der Waals surface area contributed by atoms with Crippen LogP contribution in [0, 0.1) is 20.8 Å². The van der Waals surface area contributed by atoms with Crippen LogP contribution < -0.4 is 27.4 Å². The molecular weight excluding hydrogens is 444 g/mol. The van der Waals surface area contributed by atoms with Crippen molar-refractivity contribution in [3.63, 3.8) is 0 Å². The van der Waals surface area contributed by atoms with Gasteiger partial charge in [-0.2, -0.15) is 0 Å². The Morgan fingerprint density at radius 3 is 2.32 bits per heavy atom. The highest BCUT2D eigenvalue weighted by Crippen LogP contribution is 2.22. The van der Waals surface area contributed by atoms with Gasteiger partial charge in [0, 0.05) is 36.5 Å². The molecule has 3 aromatic rings. The van der Waals surface area contributed by atoms with E-state index in [4.69, 9.17) is 16.7 Å². The highest BCUT2D eigenvalue weighted by Gasteiger charge is 2.21. The summed E-state index contributed by atoms with van der Waals surface area (Å²) in [5.41, 5.74) is 14.2. The van der Waals surface area contributed by atoms with Crippen LogP contribution in [0.1, 0.15) is 54.8 Å². The molecule has 0 bridgehead atoms. The van der Waals surface area contributed by atoms with Crippen molar-refractivity contribution in [2.24, 2.45) is 10.9 Å². The molecule has 3 heterocycles. The van der Waals surface area contributed by atoms with Crippen molar-refractivity contribution in [1.82, 2.24) is 25.3 Å². The minimum Gasteiger partial charge on any atom is -0.409 e. The number of rotatable bonds is 8. The van der Waals surface area contributed by atoms with Crippen LogP contribution in [-0.2, 0) is 0 Å². The van der Waals surface area contributed by atoms with Crippen molar-refractivity contribution >= 4 is 40.7 Å². The molecule has 0 unspecified atom stereocenters. The van der Waals surface area contributed by atoms with Gasteiger partial charge in [0.25, 0.3) is 17.7 Å². The van der Waals surface area contributed by atoms with Crippen LogP contribution in [0.2, 0.25) is 0 Å².